The Bertz CT molecular complexity index is 1720. The first-order valence-electron chi connectivity index (χ1n) is 14.5. The highest BCUT2D eigenvalue weighted by molar-refractivity contribution is 7.70. The predicted octanol–water partition coefficient (Wildman–Crippen LogP) is 2.99. The van der Waals surface area contributed by atoms with E-state index in [4.69, 9.17) is 5.73 Å². The zero-order chi connectivity index (χ0) is 31.9. The van der Waals surface area contributed by atoms with Crippen molar-refractivity contribution in [3.63, 3.8) is 0 Å². The maximum absolute atomic E-state index is 14.1. The third kappa shape index (κ3) is 6.24. The number of Topliss-reactive ketones (excluding diaryl/α,β-unsaturated/α-hetero) is 1. The second kappa shape index (κ2) is 12.1. The molecule has 2 aliphatic heterocycles. The van der Waals surface area contributed by atoms with Crippen molar-refractivity contribution in [3.8, 4) is 0 Å². The minimum Gasteiger partial charge on any atom is -0.370 e. The fourth-order valence-corrected chi connectivity index (χ4v) is 6.63. The number of rotatable bonds is 11. The molecule has 13 heteroatoms. The number of hydrogen-bond acceptors (Lipinski definition) is 6. The lowest BCUT2D eigenvalue weighted by molar-refractivity contribution is -0.128. The van der Waals surface area contributed by atoms with Gasteiger partial charge in [0.25, 0.3) is 5.52 Å². The predicted molar refractivity (Wildman–Crippen MR) is 162 cm³/mol. The van der Waals surface area contributed by atoms with E-state index in [0.717, 1.165) is 16.8 Å². The summed E-state index contributed by atoms with van der Waals surface area (Å²) in [6.45, 7) is 3.87. The fraction of sp³-hybridized carbons (Fsp3) is 0.387. The van der Waals surface area contributed by atoms with Crippen molar-refractivity contribution in [2.75, 3.05) is 4.90 Å². The van der Waals surface area contributed by atoms with Crippen molar-refractivity contribution in [2.45, 2.75) is 64.5 Å². The lowest BCUT2D eigenvalue weighted by atomic mass is 9.93. The van der Waals surface area contributed by atoms with E-state index in [2.05, 4.69) is 10.3 Å². The Morgan fingerprint density at radius 3 is 2.52 bits per heavy atom. The van der Waals surface area contributed by atoms with Crippen molar-refractivity contribution in [2.24, 2.45) is 17.6 Å². The summed E-state index contributed by atoms with van der Waals surface area (Å²) in [6.07, 6.45) is 1.67. The Morgan fingerprint density at radius 2 is 1.84 bits per heavy atom. The van der Waals surface area contributed by atoms with Gasteiger partial charge in [-0.15, -0.1) is 0 Å². The average Bonchev–Trinajstić information content (AvgIpc) is 3.54. The van der Waals surface area contributed by atoms with Crippen molar-refractivity contribution >= 4 is 53.2 Å². The Morgan fingerprint density at radius 1 is 1.11 bits per heavy atom. The molecule has 12 nitrogen and oxygen atoms in total. The number of ketones is 1. The Hall–Kier alpha value is -4.12. The van der Waals surface area contributed by atoms with Crippen LogP contribution in [0.2, 0.25) is 0 Å². The van der Waals surface area contributed by atoms with Gasteiger partial charge in [0.1, 0.15) is 6.04 Å². The summed E-state index contributed by atoms with van der Waals surface area (Å²) >= 11 is 0. The summed E-state index contributed by atoms with van der Waals surface area (Å²) in [6, 6.07) is 10.2. The van der Waals surface area contributed by atoms with E-state index in [0.29, 0.717) is 36.6 Å². The molecule has 3 heterocycles. The SMILES string of the molecule is CC(C)[C@H](CCC(N)=O)NC(=O)[C@@H]1Cc2cccc3c2N1C(=O)[C@@H](CC(=O)c1cc2cc(C(=O)P(=O)(O)O)ccc2[nH]1)CC3. The molecule has 44 heavy (non-hydrogen) atoms. The number of anilines is 1. The highest BCUT2D eigenvalue weighted by atomic mass is 31.2. The molecule has 0 spiro atoms. The van der Waals surface area contributed by atoms with Gasteiger partial charge in [0.2, 0.25) is 17.7 Å². The zero-order valence-corrected chi connectivity index (χ0v) is 25.3. The van der Waals surface area contributed by atoms with Crippen molar-refractivity contribution in [1.82, 2.24) is 10.3 Å². The first-order valence-corrected chi connectivity index (χ1v) is 16.1. The number of aromatic nitrogens is 1. The van der Waals surface area contributed by atoms with Crippen LogP contribution in [-0.4, -0.2) is 55.9 Å². The van der Waals surface area contributed by atoms with Gasteiger partial charge in [-0.25, -0.2) is 0 Å². The van der Waals surface area contributed by atoms with Gasteiger partial charge in [0.15, 0.2) is 5.78 Å². The first kappa shape index (κ1) is 31.3. The van der Waals surface area contributed by atoms with Crippen LogP contribution in [0.1, 0.15) is 71.5 Å². The topological polar surface area (TPSA) is 200 Å². The van der Waals surface area contributed by atoms with Crippen LogP contribution < -0.4 is 16.0 Å². The molecule has 0 bridgehead atoms. The lowest BCUT2D eigenvalue weighted by Crippen LogP contribution is -2.53. The van der Waals surface area contributed by atoms with Crippen LogP contribution in [0.4, 0.5) is 5.69 Å². The van der Waals surface area contributed by atoms with E-state index in [1.165, 1.54) is 24.3 Å². The van der Waals surface area contributed by atoms with Crippen LogP contribution in [0.15, 0.2) is 42.5 Å². The van der Waals surface area contributed by atoms with Crippen molar-refractivity contribution in [1.29, 1.82) is 0 Å². The summed E-state index contributed by atoms with van der Waals surface area (Å²) in [4.78, 5) is 87.6. The van der Waals surface area contributed by atoms with E-state index in [-0.39, 0.29) is 53.7 Å². The van der Waals surface area contributed by atoms with Gasteiger partial charge in [0.05, 0.1) is 11.4 Å². The van der Waals surface area contributed by atoms with Gasteiger partial charge >= 0.3 is 7.60 Å². The highest BCUT2D eigenvalue weighted by Gasteiger charge is 2.44. The van der Waals surface area contributed by atoms with E-state index in [1.807, 2.05) is 32.0 Å². The number of benzene rings is 2. The largest absolute Gasteiger partial charge is 0.396 e. The van der Waals surface area contributed by atoms with Gasteiger partial charge < -0.3 is 25.8 Å². The molecule has 0 saturated heterocycles. The molecule has 2 aliphatic rings. The number of H-pyrrole nitrogens is 1. The van der Waals surface area contributed by atoms with Crippen LogP contribution in [0.5, 0.6) is 0 Å². The molecular weight excluding hydrogens is 587 g/mol. The van der Waals surface area contributed by atoms with Gasteiger partial charge in [-0.3, -0.25) is 33.4 Å². The molecule has 0 aliphatic carbocycles. The Balaban J connectivity index is 1.38. The number of aromatic amines is 1. The summed E-state index contributed by atoms with van der Waals surface area (Å²) in [5.41, 5.74) is 7.07. The van der Waals surface area contributed by atoms with E-state index >= 15 is 0 Å². The molecule has 0 radical (unpaired) electrons. The molecule has 232 valence electrons. The molecule has 2 aromatic carbocycles. The smallest absolute Gasteiger partial charge is 0.370 e. The number of nitrogens with two attached hydrogens (primary N) is 1. The van der Waals surface area contributed by atoms with Gasteiger partial charge in [-0.2, -0.15) is 0 Å². The van der Waals surface area contributed by atoms with Crippen LogP contribution in [-0.2, 0) is 31.8 Å². The summed E-state index contributed by atoms with van der Waals surface area (Å²) in [5.74, 6) is -2.11. The number of carbonyl (C=O) groups is 5. The third-order valence-electron chi connectivity index (χ3n) is 8.52. The molecule has 0 unspecified atom stereocenters. The second-order valence-electron chi connectivity index (χ2n) is 11.9. The van der Waals surface area contributed by atoms with E-state index < -0.39 is 31.0 Å². The molecular formula is C31H35N4O8P. The molecule has 3 amide bonds. The van der Waals surface area contributed by atoms with Crippen molar-refractivity contribution in [3.05, 3.63) is 64.8 Å². The van der Waals surface area contributed by atoms with Crippen LogP contribution >= 0.6 is 7.60 Å². The standard InChI is InChI=1S/C31H35N4O8P/c1-16(2)22(10-11-27(32)37)34-29(38)25-14-18-5-3-4-17-6-7-19(30(39)35(25)28(17)18)15-26(36)24-13-21-12-20(8-9-23(21)33-24)31(40)44(41,42)43/h3-5,8-9,12-13,16,19,22,25,33H,6-7,10-11,14-15H2,1-2H3,(H2,32,37)(H,34,38)(H2,41,42,43)/t19-,22+,25+/m1/s1. The molecule has 5 rings (SSSR count). The molecule has 0 saturated carbocycles. The fourth-order valence-electron chi connectivity index (χ4n) is 6.16. The monoisotopic (exact) mass is 622 g/mol. The average molecular weight is 623 g/mol. The van der Waals surface area contributed by atoms with Crippen LogP contribution in [0.3, 0.4) is 0 Å². The number of fused-ring (bicyclic) bond motifs is 1. The number of hydrogen-bond donors (Lipinski definition) is 5. The minimum absolute atomic E-state index is 0.0325. The summed E-state index contributed by atoms with van der Waals surface area (Å²) in [7, 11) is -4.97. The second-order valence-corrected chi connectivity index (χ2v) is 13.4. The van der Waals surface area contributed by atoms with Gasteiger partial charge in [0, 0.05) is 47.7 Å². The maximum Gasteiger partial charge on any atom is 0.396 e. The number of nitrogens with zero attached hydrogens (tertiary/aromatic N) is 1. The molecule has 3 aromatic rings. The van der Waals surface area contributed by atoms with E-state index in [1.54, 1.807) is 4.90 Å². The summed E-state index contributed by atoms with van der Waals surface area (Å²) in [5, 5.41) is 3.45. The number of carbonyl (C=O) groups excluding carboxylic acids is 5. The third-order valence-corrected chi connectivity index (χ3v) is 9.31. The van der Waals surface area contributed by atoms with Crippen LogP contribution in [0.25, 0.3) is 10.9 Å². The molecule has 6 N–H and O–H groups in total. The maximum atomic E-state index is 14.1. The highest BCUT2D eigenvalue weighted by Crippen LogP contribution is 2.42. The number of amides is 3. The number of para-hydroxylation sites is 1. The van der Waals surface area contributed by atoms with Crippen molar-refractivity contribution < 1.29 is 38.3 Å². The molecule has 3 atom stereocenters. The van der Waals surface area contributed by atoms with E-state index in [9.17, 15) is 38.3 Å². The van der Waals surface area contributed by atoms with Gasteiger partial charge in [-0.1, -0.05) is 32.0 Å². The summed E-state index contributed by atoms with van der Waals surface area (Å²) < 4.78 is 11.4. The number of aryl methyl sites for hydroxylation is 1. The zero-order valence-electron chi connectivity index (χ0n) is 24.4. The normalized spacial score (nSPS) is 18.7. The molecule has 1 aromatic heterocycles. The quantitative estimate of drug-likeness (QED) is 0.159. The lowest BCUT2D eigenvalue weighted by Gasteiger charge is -2.30. The Kier molecular flexibility index (Phi) is 8.62. The molecule has 0 fully saturated rings. The number of nitrogens with one attached hydrogen (secondary N) is 2. The Labute approximate surface area is 253 Å². The first-order chi connectivity index (χ1) is 20.7. The minimum atomic E-state index is -4.97. The number of primary amides is 1. The van der Waals surface area contributed by atoms with Crippen LogP contribution in [0, 0.1) is 11.8 Å². The van der Waals surface area contributed by atoms with Gasteiger partial charge in [-0.05, 0) is 60.6 Å².